The average Bonchev–Trinajstić information content (AvgIpc) is 3.17. The minimum absolute atomic E-state index is 0.101. The van der Waals surface area contributed by atoms with Gasteiger partial charge in [-0.2, -0.15) is 0 Å². The Kier molecular flexibility index (Phi) is 6.80. The Morgan fingerprint density at radius 3 is 2.27 bits per heavy atom. The third kappa shape index (κ3) is 5.85. The van der Waals surface area contributed by atoms with Crippen molar-refractivity contribution < 1.29 is 17.9 Å². The molecule has 0 fully saturated rings. The zero-order chi connectivity index (χ0) is 21.7. The maximum absolute atomic E-state index is 12.5. The van der Waals surface area contributed by atoms with E-state index < -0.39 is 16.1 Å². The number of nitrogens with zero attached hydrogens (tertiary/aromatic N) is 2. The fraction of sp³-hybridized carbons (Fsp3) is 0.250. The Labute approximate surface area is 179 Å². The molecule has 0 saturated carbocycles. The Hall–Kier alpha value is -2.82. The number of aryl methyl sites for hydroxylation is 2. The van der Waals surface area contributed by atoms with Crippen LogP contribution in [-0.2, 0) is 10.0 Å². The van der Waals surface area contributed by atoms with Crippen LogP contribution in [0.5, 0.6) is 5.75 Å². The second kappa shape index (κ2) is 9.33. The van der Waals surface area contributed by atoms with E-state index in [-0.39, 0.29) is 22.0 Å². The maximum Gasteiger partial charge on any atom is 0.270 e. The Morgan fingerprint density at radius 2 is 1.63 bits per heavy atom. The van der Waals surface area contributed by atoms with Crippen molar-refractivity contribution in [3.05, 3.63) is 65.2 Å². The Bertz CT molecular complexity index is 1110. The number of aromatic nitrogens is 2. The number of carbonyl (C=O) groups excluding carboxylic acids is 1. The van der Waals surface area contributed by atoms with Gasteiger partial charge in [-0.15, -0.1) is 10.2 Å². The van der Waals surface area contributed by atoms with Gasteiger partial charge in [-0.3, -0.25) is 10.1 Å². The topological polar surface area (TPSA) is 110 Å². The summed E-state index contributed by atoms with van der Waals surface area (Å²) in [6.45, 7) is 5.73. The second-order valence-corrected chi connectivity index (χ2v) is 9.70. The molecule has 158 valence electrons. The lowest BCUT2D eigenvalue weighted by Crippen LogP contribution is -2.36. The molecule has 8 nitrogen and oxygen atoms in total. The monoisotopic (exact) mass is 446 g/mol. The fourth-order valence-corrected chi connectivity index (χ4v) is 4.59. The summed E-state index contributed by atoms with van der Waals surface area (Å²) < 4.78 is 32.9. The first-order chi connectivity index (χ1) is 14.2. The maximum atomic E-state index is 12.5. The summed E-state index contributed by atoms with van der Waals surface area (Å²) >= 11 is 0.779. The lowest BCUT2D eigenvalue weighted by atomic mass is 10.1. The summed E-state index contributed by atoms with van der Waals surface area (Å²) in [6, 6.07) is 14.0. The molecule has 1 heterocycles. The number of sulfonamides is 1. The van der Waals surface area contributed by atoms with Crippen molar-refractivity contribution in [2.45, 2.75) is 31.2 Å². The van der Waals surface area contributed by atoms with Crippen LogP contribution >= 0.6 is 11.3 Å². The van der Waals surface area contributed by atoms with Gasteiger partial charge in [-0.05, 0) is 45.0 Å². The summed E-state index contributed by atoms with van der Waals surface area (Å²) in [5, 5.41) is 10.1. The van der Waals surface area contributed by atoms with Crippen LogP contribution in [0.25, 0.3) is 0 Å². The highest BCUT2D eigenvalue weighted by molar-refractivity contribution is 7.91. The average molecular weight is 447 g/mol. The van der Waals surface area contributed by atoms with Gasteiger partial charge in [0.25, 0.3) is 15.9 Å². The van der Waals surface area contributed by atoms with Gasteiger partial charge in [-0.25, -0.2) is 13.1 Å². The number of nitrogens with one attached hydrogen (secondary N) is 2. The van der Waals surface area contributed by atoms with Crippen molar-refractivity contribution in [3.8, 4) is 5.75 Å². The van der Waals surface area contributed by atoms with Crippen LogP contribution < -0.4 is 14.8 Å². The molecule has 2 N–H and O–H groups in total. The van der Waals surface area contributed by atoms with E-state index in [1.54, 1.807) is 19.1 Å². The van der Waals surface area contributed by atoms with Crippen LogP contribution in [0.4, 0.5) is 5.13 Å². The van der Waals surface area contributed by atoms with Crippen LogP contribution in [0.15, 0.2) is 52.9 Å². The molecule has 0 radical (unpaired) electrons. The highest BCUT2D eigenvalue weighted by Gasteiger charge is 2.23. The number of amides is 1. The van der Waals surface area contributed by atoms with Crippen LogP contribution in [0.1, 0.15) is 28.4 Å². The molecular weight excluding hydrogens is 424 g/mol. The van der Waals surface area contributed by atoms with Gasteiger partial charge in [0.2, 0.25) is 9.47 Å². The standard InChI is InChI=1S/C20H22N4O4S2/c1-13-4-8-16(9-5-13)18(25)21-19-22-23-20(29-19)30(26,27)24-15(3)12-28-17-10-6-14(2)7-11-17/h4-11,15,24H,12H2,1-3H3,(H,21,22,25)/t15-/m0/s1. The van der Waals surface area contributed by atoms with E-state index in [1.165, 1.54) is 0 Å². The molecule has 0 unspecified atom stereocenters. The number of ether oxygens (including phenoxy) is 1. The molecular formula is C20H22N4O4S2. The van der Waals surface area contributed by atoms with E-state index in [0.717, 1.165) is 22.5 Å². The van der Waals surface area contributed by atoms with Crippen LogP contribution in [-0.4, -0.2) is 37.2 Å². The first-order valence-corrected chi connectivity index (χ1v) is 11.5. The summed E-state index contributed by atoms with van der Waals surface area (Å²) in [5.74, 6) is 0.270. The molecule has 30 heavy (non-hydrogen) atoms. The van der Waals surface area contributed by atoms with Crippen LogP contribution in [0.2, 0.25) is 0 Å². The molecule has 0 spiro atoms. The SMILES string of the molecule is Cc1ccc(OC[C@H](C)NS(=O)(=O)c2nnc(NC(=O)c3ccc(C)cc3)s2)cc1. The predicted octanol–water partition coefficient (Wildman–Crippen LogP) is 3.15. The summed E-state index contributed by atoms with van der Waals surface area (Å²) in [7, 11) is -3.89. The molecule has 0 aliphatic carbocycles. The van der Waals surface area contributed by atoms with Crippen molar-refractivity contribution in [1.82, 2.24) is 14.9 Å². The molecule has 1 amide bonds. The van der Waals surface area contributed by atoms with Gasteiger partial charge in [0, 0.05) is 5.56 Å². The van der Waals surface area contributed by atoms with Gasteiger partial charge < -0.3 is 4.74 Å². The van der Waals surface area contributed by atoms with Gasteiger partial charge in [-0.1, -0.05) is 46.7 Å². The molecule has 10 heteroatoms. The predicted molar refractivity (Wildman–Crippen MR) is 115 cm³/mol. The summed E-state index contributed by atoms with van der Waals surface area (Å²) in [4.78, 5) is 12.2. The lowest BCUT2D eigenvalue weighted by Gasteiger charge is -2.14. The zero-order valence-electron chi connectivity index (χ0n) is 16.7. The summed E-state index contributed by atoms with van der Waals surface area (Å²) in [5.41, 5.74) is 2.58. The number of benzene rings is 2. The highest BCUT2D eigenvalue weighted by Crippen LogP contribution is 2.21. The first kappa shape index (κ1) is 21.9. The minimum Gasteiger partial charge on any atom is -0.492 e. The van der Waals surface area contributed by atoms with Gasteiger partial charge >= 0.3 is 0 Å². The van der Waals surface area contributed by atoms with Crippen molar-refractivity contribution >= 4 is 32.4 Å². The van der Waals surface area contributed by atoms with E-state index in [4.69, 9.17) is 4.74 Å². The normalized spacial score (nSPS) is 12.4. The number of hydrogen-bond donors (Lipinski definition) is 2. The summed E-state index contributed by atoms with van der Waals surface area (Å²) in [6.07, 6.45) is 0. The number of carbonyl (C=O) groups is 1. The number of anilines is 1. The molecule has 1 aromatic heterocycles. The van der Waals surface area contributed by atoms with Crippen molar-refractivity contribution in [3.63, 3.8) is 0 Å². The van der Waals surface area contributed by atoms with Crippen molar-refractivity contribution in [2.24, 2.45) is 0 Å². The molecule has 0 aliphatic heterocycles. The van der Waals surface area contributed by atoms with Gasteiger partial charge in [0.05, 0.1) is 6.04 Å². The second-order valence-electron chi connectivity index (χ2n) is 6.84. The smallest absolute Gasteiger partial charge is 0.270 e. The molecule has 0 aliphatic rings. The number of hydrogen-bond acceptors (Lipinski definition) is 7. The molecule has 3 rings (SSSR count). The van der Waals surface area contributed by atoms with Crippen molar-refractivity contribution in [2.75, 3.05) is 11.9 Å². The molecule has 2 aromatic carbocycles. The van der Waals surface area contributed by atoms with Crippen molar-refractivity contribution in [1.29, 1.82) is 0 Å². The van der Waals surface area contributed by atoms with Crippen LogP contribution in [0.3, 0.4) is 0 Å². The Balaban J connectivity index is 1.58. The van der Waals surface area contributed by atoms with Gasteiger partial charge in [0.1, 0.15) is 12.4 Å². The highest BCUT2D eigenvalue weighted by atomic mass is 32.2. The van der Waals surface area contributed by atoms with Crippen LogP contribution in [0, 0.1) is 13.8 Å². The Morgan fingerprint density at radius 1 is 1.03 bits per heavy atom. The third-order valence-corrected chi connectivity index (χ3v) is 6.84. The molecule has 3 aromatic rings. The minimum atomic E-state index is -3.89. The van der Waals surface area contributed by atoms with E-state index in [9.17, 15) is 13.2 Å². The van der Waals surface area contributed by atoms with Gasteiger partial charge in [0.15, 0.2) is 0 Å². The zero-order valence-corrected chi connectivity index (χ0v) is 18.4. The van der Waals surface area contributed by atoms with E-state index >= 15 is 0 Å². The third-order valence-electron chi connectivity index (χ3n) is 4.05. The van der Waals surface area contributed by atoms with E-state index in [0.29, 0.717) is 11.3 Å². The quantitative estimate of drug-likeness (QED) is 0.514. The lowest BCUT2D eigenvalue weighted by molar-refractivity contribution is 0.102. The molecule has 0 saturated heterocycles. The fourth-order valence-electron chi connectivity index (χ4n) is 2.45. The largest absolute Gasteiger partial charge is 0.492 e. The molecule has 1 atom stereocenters. The first-order valence-electron chi connectivity index (χ1n) is 9.16. The van der Waals surface area contributed by atoms with E-state index in [1.807, 2.05) is 50.2 Å². The number of rotatable bonds is 8. The molecule has 0 bridgehead atoms. The van der Waals surface area contributed by atoms with E-state index in [2.05, 4.69) is 20.2 Å².